The molecule has 194 valence electrons. The fourth-order valence-electron chi connectivity index (χ4n) is 6.61. The molecule has 0 bridgehead atoms. The molecule has 1 aliphatic heterocycles. The molecule has 7 heteroatoms. The summed E-state index contributed by atoms with van der Waals surface area (Å²) in [5.74, 6) is 0.547. The highest BCUT2D eigenvalue weighted by Crippen LogP contribution is 2.39. The minimum atomic E-state index is -3.09. The van der Waals surface area contributed by atoms with Crippen molar-refractivity contribution in [3.05, 3.63) is 82.9 Å². The van der Waals surface area contributed by atoms with E-state index in [-0.39, 0.29) is 0 Å². The topological polar surface area (TPSA) is 66.4 Å². The van der Waals surface area contributed by atoms with Gasteiger partial charge in [0.15, 0.2) is 0 Å². The zero-order valence-corrected chi connectivity index (χ0v) is 22.5. The Balaban J connectivity index is 1.25. The van der Waals surface area contributed by atoms with Gasteiger partial charge in [-0.25, -0.2) is 12.7 Å². The summed E-state index contributed by atoms with van der Waals surface area (Å²) in [6.45, 7) is 3.08. The normalized spacial score (nSPS) is 20.0. The number of sulfonamides is 1. The van der Waals surface area contributed by atoms with Gasteiger partial charge in [0.05, 0.1) is 23.7 Å². The van der Waals surface area contributed by atoms with E-state index in [4.69, 9.17) is 9.97 Å². The van der Waals surface area contributed by atoms with Gasteiger partial charge in [0, 0.05) is 38.4 Å². The van der Waals surface area contributed by atoms with Crippen LogP contribution in [0.5, 0.6) is 0 Å². The van der Waals surface area contributed by atoms with Gasteiger partial charge in [0.1, 0.15) is 0 Å². The SMILES string of the molecule is CS(=O)(=O)N1CCC(CCN(Cc2nccc3c2Cc2ccccc2-3)C2CCCc3cccnc32)CC1. The Bertz CT molecular complexity index is 1380. The van der Waals surface area contributed by atoms with Gasteiger partial charge >= 0.3 is 0 Å². The second-order valence-corrected chi connectivity index (χ2v) is 12.9. The van der Waals surface area contributed by atoms with Gasteiger partial charge in [0.25, 0.3) is 0 Å². The molecular weight excluding hydrogens is 480 g/mol. The molecule has 2 aromatic heterocycles. The molecule has 0 saturated carbocycles. The van der Waals surface area contributed by atoms with Gasteiger partial charge in [-0.2, -0.15) is 0 Å². The average Bonchev–Trinajstić information content (AvgIpc) is 3.30. The third-order valence-electron chi connectivity index (χ3n) is 8.65. The highest BCUT2D eigenvalue weighted by Gasteiger charge is 2.31. The maximum atomic E-state index is 12.0. The molecule has 37 heavy (non-hydrogen) atoms. The van der Waals surface area contributed by atoms with Crippen molar-refractivity contribution >= 4 is 10.0 Å². The lowest BCUT2D eigenvalue weighted by molar-refractivity contribution is 0.142. The first-order chi connectivity index (χ1) is 18.0. The zero-order valence-electron chi connectivity index (χ0n) is 21.6. The molecule has 6 rings (SSSR count). The quantitative estimate of drug-likeness (QED) is 0.346. The number of pyridine rings is 2. The maximum Gasteiger partial charge on any atom is 0.211 e. The summed E-state index contributed by atoms with van der Waals surface area (Å²) in [4.78, 5) is 12.4. The van der Waals surface area contributed by atoms with Crippen LogP contribution in [0.3, 0.4) is 0 Å². The van der Waals surface area contributed by atoms with Gasteiger partial charge in [0.2, 0.25) is 10.0 Å². The van der Waals surface area contributed by atoms with Crippen LogP contribution in [-0.4, -0.2) is 53.5 Å². The van der Waals surface area contributed by atoms with E-state index in [1.165, 1.54) is 51.9 Å². The summed E-state index contributed by atoms with van der Waals surface area (Å²) in [5, 5.41) is 0. The van der Waals surface area contributed by atoms with Gasteiger partial charge < -0.3 is 0 Å². The summed E-state index contributed by atoms with van der Waals surface area (Å²) >= 11 is 0. The Morgan fingerprint density at radius 1 is 0.946 bits per heavy atom. The molecule has 0 N–H and O–H groups in total. The Kier molecular flexibility index (Phi) is 6.86. The molecule has 1 aromatic carbocycles. The summed E-state index contributed by atoms with van der Waals surface area (Å²) < 4.78 is 25.6. The van der Waals surface area contributed by atoms with Crippen LogP contribution in [0, 0.1) is 5.92 Å². The summed E-state index contributed by atoms with van der Waals surface area (Å²) in [7, 11) is -3.09. The Morgan fingerprint density at radius 2 is 1.76 bits per heavy atom. The van der Waals surface area contributed by atoms with E-state index in [2.05, 4.69) is 47.4 Å². The number of hydrogen-bond donors (Lipinski definition) is 0. The van der Waals surface area contributed by atoms with Crippen molar-refractivity contribution in [3.8, 4) is 11.1 Å². The first kappa shape index (κ1) is 24.7. The minimum Gasteiger partial charge on any atom is -0.289 e. The van der Waals surface area contributed by atoms with E-state index in [1.807, 2.05) is 12.4 Å². The largest absolute Gasteiger partial charge is 0.289 e. The number of aryl methyl sites for hydroxylation is 1. The van der Waals surface area contributed by atoms with Crippen LogP contribution in [0.25, 0.3) is 11.1 Å². The first-order valence-electron chi connectivity index (χ1n) is 13.7. The number of nitrogens with zero attached hydrogens (tertiary/aromatic N) is 4. The second kappa shape index (κ2) is 10.3. The summed E-state index contributed by atoms with van der Waals surface area (Å²) in [5.41, 5.74) is 9.22. The molecule has 3 heterocycles. The molecule has 0 spiro atoms. The fraction of sp³-hybridized carbons (Fsp3) is 0.467. The highest BCUT2D eigenvalue weighted by molar-refractivity contribution is 7.88. The number of fused-ring (bicyclic) bond motifs is 4. The summed E-state index contributed by atoms with van der Waals surface area (Å²) in [6.07, 6.45) is 12.5. The smallest absolute Gasteiger partial charge is 0.211 e. The van der Waals surface area contributed by atoms with Crippen LogP contribution in [0.4, 0.5) is 0 Å². The molecule has 2 aliphatic carbocycles. The Hall–Kier alpha value is -2.61. The van der Waals surface area contributed by atoms with E-state index in [1.54, 1.807) is 4.31 Å². The number of piperidine rings is 1. The van der Waals surface area contributed by atoms with E-state index < -0.39 is 10.0 Å². The maximum absolute atomic E-state index is 12.0. The molecule has 0 amide bonds. The van der Waals surface area contributed by atoms with E-state index in [0.717, 1.165) is 51.6 Å². The number of hydrogen-bond acceptors (Lipinski definition) is 5. The second-order valence-electron chi connectivity index (χ2n) is 10.9. The molecule has 3 aliphatic rings. The molecular formula is C30H36N4O2S. The molecule has 1 saturated heterocycles. The van der Waals surface area contributed by atoms with Crippen molar-refractivity contribution in [1.82, 2.24) is 19.2 Å². The van der Waals surface area contributed by atoms with Gasteiger partial charge in [-0.15, -0.1) is 0 Å². The number of aromatic nitrogens is 2. The lowest BCUT2D eigenvalue weighted by atomic mass is 9.89. The van der Waals surface area contributed by atoms with Crippen LogP contribution in [-0.2, 0) is 29.4 Å². The molecule has 3 aromatic rings. The van der Waals surface area contributed by atoms with E-state index in [9.17, 15) is 8.42 Å². The third-order valence-corrected chi connectivity index (χ3v) is 9.95. The van der Waals surface area contributed by atoms with Crippen LogP contribution in [0.2, 0.25) is 0 Å². The lowest BCUT2D eigenvalue weighted by Gasteiger charge is -2.37. The van der Waals surface area contributed by atoms with Crippen LogP contribution in [0.15, 0.2) is 54.9 Å². The Labute approximate surface area is 220 Å². The van der Waals surface area contributed by atoms with Crippen LogP contribution in [0.1, 0.15) is 66.2 Å². The molecule has 0 radical (unpaired) electrons. The predicted molar refractivity (Wildman–Crippen MR) is 147 cm³/mol. The zero-order chi connectivity index (χ0) is 25.4. The minimum absolute atomic E-state index is 0.294. The lowest BCUT2D eigenvalue weighted by Crippen LogP contribution is -2.39. The fourth-order valence-corrected chi connectivity index (χ4v) is 7.48. The van der Waals surface area contributed by atoms with Gasteiger partial charge in [-0.3, -0.25) is 14.9 Å². The van der Waals surface area contributed by atoms with E-state index in [0.29, 0.717) is 25.0 Å². The van der Waals surface area contributed by atoms with E-state index >= 15 is 0 Å². The first-order valence-corrected chi connectivity index (χ1v) is 15.5. The standard InChI is InChI=1S/C30H36N4O2S/c1-37(35,36)34-18-13-22(14-19-34)12-17-33(29-10-4-7-23-8-5-15-32-30(23)29)21-28-27-20-24-6-2-3-9-25(24)26(27)11-16-31-28/h2-3,5-6,8-9,11,15-16,22,29H,4,7,10,12-14,17-21H2,1H3. The van der Waals surface area contributed by atoms with Crippen molar-refractivity contribution in [2.45, 2.75) is 57.5 Å². The molecule has 1 fully saturated rings. The average molecular weight is 517 g/mol. The summed E-state index contributed by atoms with van der Waals surface area (Å²) in [6, 6.07) is 15.5. The van der Waals surface area contributed by atoms with Crippen molar-refractivity contribution in [2.24, 2.45) is 5.92 Å². The highest BCUT2D eigenvalue weighted by atomic mass is 32.2. The van der Waals surface area contributed by atoms with Crippen molar-refractivity contribution in [1.29, 1.82) is 0 Å². The predicted octanol–water partition coefficient (Wildman–Crippen LogP) is 4.99. The van der Waals surface area contributed by atoms with Crippen molar-refractivity contribution < 1.29 is 8.42 Å². The Morgan fingerprint density at radius 3 is 2.59 bits per heavy atom. The number of rotatable bonds is 7. The molecule has 1 unspecified atom stereocenters. The van der Waals surface area contributed by atoms with Crippen molar-refractivity contribution in [3.63, 3.8) is 0 Å². The molecule has 1 atom stereocenters. The van der Waals surface area contributed by atoms with Gasteiger partial charge in [-0.1, -0.05) is 30.3 Å². The monoisotopic (exact) mass is 516 g/mol. The van der Waals surface area contributed by atoms with Crippen LogP contribution >= 0.6 is 0 Å². The third kappa shape index (κ3) is 5.09. The van der Waals surface area contributed by atoms with Crippen LogP contribution < -0.4 is 0 Å². The molecule has 6 nitrogen and oxygen atoms in total. The van der Waals surface area contributed by atoms with Crippen molar-refractivity contribution in [2.75, 3.05) is 25.9 Å². The van der Waals surface area contributed by atoms with Gasteiger partial charge in [-0.05, 0) is 90.9 Å². The number of benzene rings is 1.